The van der Waals surface area contributed by atoms with Gasteiger partial charge in [0.05, 0.1) is 6.42 Å². The lowest BCUT2D eigenvalue weighted by Gasteiger charge is -2.16. The molecule has 0 radical (unpaired) electrons. The molecule has 1 heterocycles. The third-order valence-electron chi connectivity index (χ3n) is 3.25. The Morgan fingerprint density at radius 1 is 1.33 bits per heavy atom. The van der Waals surface area contributed by atoms with E-state index < -0.39 is 0 Å². The highest BCUT2D eigenvalue weighted by Crippen LogP contribution is 2.15. The average molecular weight is 244 g/mol. The Kier molecular flexibility index (Phi) is 4.03. The Hall–Kier alpha value is -1.77. The fourth-order valence-electron chi connectivity index (χ4n) is 2.04. The normalized spacial score (nSPS) is 10.8. The molecule has 0 aliphatic carbocycles. The molecule has 0 saturated heterocycles. The highest BCUT2D eigenvalue weighted by atomic mass is 16.2. The van der Waals surface area contributed by atoms with Crippen LogP contribution < -0.4 is 0 Å². The van der Waals surface area contributed by atoms with E-state index in [0.717, 1.165) is 35.9 Å². The van der Waals surface area contributed by atoms with Crippen LogP contribution >= 0.6 is 0 Å². The van der Waals surface area contributed by atoms with Crippen molar-refractivity contribution in [2.75, 3.05) is 13.6 Å². The van der Waals surface area contributed by atoms with Gasteiger partial charge >= 0.3 is 0 Å². The Balaban J connectivity index is 2.01. The van der Waals surface area contributed by atoms with Crippen molar-refractivity contribution >= 4 is 16.8 Å². The highest BCUT2D eigenvalue weighted by molar-refractivity contribution is 5.83. The van der Waals surface area contributed by atoms with Crippen LogP contribution in [0.5, 0.6) is 0 Å². The molecular weight excluding hydrogens is 224 g/mol. The summed E-state index contributed by atoms with van der Waals surface area (Å²) in [7, 11) is 1.88. The number of benzene rings is 1. The summed E-state index contributed by atoms with van der Waals surface area (Å²) < 4.78 is 0. The molecule has 18 heavy (non-hydrogen) atoms. The minimum atomic E-state index is 0.193. The van der Waals surface area contributed by atoms with E-state index in [9.17, 15) is 4.79 Å². The molecule has 0 atom stereocenters. The van der Waals surface area contributed by atoms with Crippen LogP contribution in [0.15, 0.2) is 30.5 Å². The lowest BCUT2D eigenvalue weighted by molar-refractivity contribution is -0.129. The predicted molar refractivity (Wildman–Crippen MR) is 74.5 cm³/mol. The van der Waals surface area contributed by atoms with Gasteiger partial charge in [0.1, 0.15) is 0 Å². The van der Waals surface area contributed by atoms with E-state index in [1.165, 1.54) is 0 Å². The van der Waals surface area contributed by atoms with Crippen LogP contribution in [0, 0.1) is 0 Å². The van der Waals surface area contributed by atoms with Crippen LogP contribution in [0.1, 0.15) is 25.3 Å². The van der Waals surface area contributed by atoms with Crippen molar-refractivity contribution < 1.29 is 4.79 Å². The standard InChI is InChI=1S/C15H20N2O/c1-3-4-9-17(2)15(18)11-12-5-6-14-13(10-12)7-8-16-14/h5-8,10,16H,3-4,9,11H2,1-2H3. The second-order valence-electron chi connectivity index (χ2n) is 4.74. The smallest absolute Gasteiger partial charge is 0.226 e. The second kappa shape index (κ2) is 5.71. The van der Waals surface area contributed by atoms with Crippen LogP contribution in [-0.4, -0.2) is 29.4 Å². The number of rotatable bonds is 5. The lowest BCUT2D eigenvalue weighted by atomic mass is 10.1. The van der Waals surface area contributed by atoms with Crippen LogP contribution in [0.2, 0.25) is 0 Å². The summed E-state index contributed by atoms with van der Waals surface area (Å²) in [5.41, 5.74) is 2.20. The van der Waals surface area contributed by atoms with E-state index in [4.69, 9.17) is 0 Å². The van der Waals surface area contributed by atoms with Crippen LogP contribution in [0.25, 0.3) is 10.9 Å². The summed E-state index contributed by atoms with van der Waals surface area (Å²) in [6.07, 6.45) is 4.59. The van der Waals surface area contributed by atoms with E-state index in [-0.39, 0.29) is 5.91 Å². The quantitative estimate of drug-likeness (QED) is 0.862. The fraction of sp³-hybridized carbons (Fsp3) is 0.400. The molecule has 0 unspecified atom stereocenters. The van der Waals surface area contributed by atoms with Gasteiger partial charge in [0.2, 0.25) is 5.91 Å². The first-order chi connectivity index (χ1) is 8.70. The molecule has 96 valence electrons. The Bertz CT molecular complexity index is 530. The number of likely N-dealkylation sites (N-methyl/N-ethyl adjacent to an activating group) is 1. The molecule has 0 bridgehead atoms. The zero-order chi connectivity index (χ0) is 13.0. The number of amides is 1. The Labute approximate surface area is 108 Å². The number of nitrogens with one attached hydrogen (secondary N) is 1. The van der Waals surface area contributed by atoms with Gasteiger partial charge in [-0.05, 0) is 35.6 Å². The molecule has 3 heteroatoms. The highest BCUT2D eigenvalue weighted by Gasteiger charge is 2.09. The van der Waals surface area contributed by atoms with Crippen LogP contribution in [0.3, 0.4) is 0 Å². The minimum absolute atomic E-state index is 0.193. The number of unbranched alkanes of at least 4 members (excludes halogenated alkanes) is 1. The number of nitrogens with zero attached hydrogens (tertiary/aromatic N) is 1. The number of aromatic amines is 1. The van der Waals surface area contributed by atoms with Crippen molar-refractivity contribution in [1.82, 2.24) is 9.88 Å². The first-order valence-electron chi connectivity index (χ1n) is 6.50. The van der Waals surface area contributed by atoms with Crippen molar-refractivity contribution in [3.63, 3.8) is 0 Å². The summed E-state index contributed by atoms with van der Waals surface area (Å²) >= 11 is 0. The first-order valence-corrected chi connectivity index (χ1v) is 6.50. The lowest BCUT2D eigenvalue weighted by Crippen LogP contribution is -2.29. The van der Waals surface area contributed by atoms with Gasteiger partial charge in [0.15, 0.2) is 0 Å². The van der Waals surface area contributed by atoms with Gasteiger partial charge in [-0.2, -0.15) is 0 Å². The average Bonchev–Trinajstić information content (AvgIpc) is 2.83. The second-order valence-corrected chi connectivity index (χ2v) is 4.74. The largest absolute Gasteiger partial charge is 0.361 e. The van der Waals surface area contributed by atoms with Crippen LogP contribution in [0.4, 0.5) is 0 Å². The summed E-state index contributed by atoms with van der Waals surface area (Å²) in [5.74, 6) is 0.193. The van der Waals surface area contributed by atoms with Gasteiger partial charge in [0.25, 0.3) is 0 Å². The van der Waals surface area contributed by atoms with E-state index in [0.29, 0.717) is 6.42 Å². The maximum atomic E-state index is 12.0. The van der Waals surface area contributed by atoms with Gasteiger partial charge in [-0.3, -0.25) is 4.79 Å². The summed E-state index contributed by atoms with van der Waals surface area (Å²) in [6.45, 7) is 2.99. The van der Waals surface area contributed by atoms with Crippen molar-refractivity contribution in [3.05, 3.63) is 36.0 Å². The Morgan fingerprint density at radius 3 is 2.94 bits per heavy atom. The van der Waals surface area contributed by atoms with Crippen molar-refractivity contribution in [1.29, 1.82) is 0 Å². The zero-order valence-corrected chi connectivity index (χ0v) is 11.1. The molecule has 3 nitrogen and oxygen atoms in total. The zero-order valence-electron chi connectivity index (χ0n) is 11.1. The summed E-state index contributed by atoms with van der Waals surface area (Å²) in [4.78, 5) is 17.0. The fourth-order valence-corrected chi connectivity index (χ4v) is 2.04. The third-order valence-corrected chi connectivity index (χ3v) is 3.25. The maximum absolute atomic E-state index is 12.0. The van der Waals surface area contributed by atoms with Gasteiger partial charge in [-0.25, -0.2) is 0 Å². The molecule has 2 aromatic rings. The van der Waals surface area contributed by atoms with Crippen LogP contribution in [-0.2, 0) is 11.2 Å². The van der Waals surface area contributed by atoms with E-state index in [2.05, 4.69) is 18.0 Å². The molecule has 0 aliphatic rings. The van der Waals surface area contributed by atoms with Crippen molar-refractivity contribution in [3.8, 4) is 0 Å². The molecule has 0 fully saturated rings. The number of H-pyrrole nitrogens is 1. The third kappa shape index (κ3) is 2.92. The number of fused-ring (bicyclic) bond motifs is 1. The molecule has 1 aromatic heterocycles. The molecule has 0 aliphatic heterocycles. The van der Waals surface area contributed by atoms with Crippen molar-refractivity contribution in [2.45, 2.75) is 26.2 Å². The maximum Gasteiger partial charge on any atom is 0.226 e. The van der Waals surface area contributed by atoms with Gasteiger partial charge in [0, 0.05) is 25.3 Å². The number of hydrogen-bond acceptors (Lipinski definition) is 1. The monoisotopic (exact) mass is 244 g/mol. The molecule has 0 saturated carbocycles. The molecule has 2 rings (SSSR count). The molecule has 1 N–H and O–H groups in total. The van der Waals surface area contributed by atoms with Gasteiger partial charge in [-0.1, -0.05) is 19.4 Å². The van der Waals surface area contributed by atoms with Gasteiger partial charge in [-0.15, -0.1) is 0 Å². The number of carbonyl (C=O) groups is 1. The molecule has 1 aromatic carbocycles. The topological polar surface area (TPSA) is 36.1 Å². The predicted octanol–water partition coefficient (Wildman–Crippen LogP) is 2.97. The number of aromatic nitrogens is 1. The molecular formula is C15H20N2O. The molecule has 1 amide bonds. The summed E-state index contributed by atoms with van der Waals surface area (Å²) in [6, 6.07) is 8.16. The molecule has 0 spiro atoms. The van der Waals surface area contributed by atoms with Gasteiger partial charge < -0.3 is 9.88 Å². The first kappa shape index (κ1) is 12.7. The summed E-state index contributed by atoms with van der Waals surface area (Å²) in [5, 5.41) is 1.16. The minimum Gasteiger partial charge on any atom is -0.361 e. The number of hydrogen-bond donors (Lipinski definition) is 1. The number of carbonyl (C=O) groups excluding carboxylic acids is 1. The van der Waals surface area contributed by atoms with E-state index in [1.54, 1.807) is 0 Å². The Morgan fingerprint density at radius 2 is 2.17 bits per heavy atom. The SMILES string of the molecule is CCCCN(C)C(=O)Cc1ccc2[nH]ccc2c1. The van der Waals surface area contributed by atoms with E-state index in [1.807, 2.05) is 36.3 Å². The van der Waals surface area contributed by atoms with E-state index >= 15 is 0 Å². The van der Waals surface area contributed by atoms with Crippen molar-refractivity contribution in [2.24, 2.45) is 0 Å².